The number of allylic oxidation sites excluding steroid dienone is 1. The van der Waals surface area contributed by atoms with E-state index in [0.29, 0.717) is 6.04 Å². The van der Waals surface area contributed by atoms with Crippen LogP contribution < -0.4 is 5.73 Å². The second kappa shape index (κ2) is 4.37. The normalized spacial score (nSPS) is 12.4. The standard InChI is InChI=1S/C6H12N2/c1-6(2)8-5-3-4-7/h3-6H,7H2,1-2H3. The van der Waals surface area contributed by atoms with Crippen LogP contribution in [0.3, 0.4) is 0 Å². The van der Waals surface area contributed by atoms with Crippen molar-refractivity contribution in [2.45, 2.75) is 19.9 Å². The van der Waals surface area contributed by atoms with E-state index in [2.05, 4.69) is 4.99 Å². The van der Waals surface area contributed by atoms with Crippen LogP contribution in [0.25, 0.3) is 0 Å². The van der Waals surface area contributed by atoms with Crippen molar-refractivity contribution in [3.05, 3.63) is 12.3 Å². The van der Waals surface area contributed by atoms with Gasteiger partial charge in [-0.1, -0.05) is 0 Å². The first-order valence-electron chi connectivity index (χ1n) is 2.67. The Morgan fingerprint density at radius 2 is 2.12 bits per heavy atom. The van der Waals surface area contributed by atoms with Crippen LogP contribution in [-0.4, -0.2) is 12.3 Å². The van der Waals surface area contributed by atoms with Gasteiger partial charge in [0.05, 0.1) is 0 Å². The summed E-state index contributed by atoms with van der Waals surface area (Å²) in [5.74, 6) is 0. The molecule has 0 aliphatic heterocycles. The predicted octanol–water partition coefficient (Wildman–Crippen LogP) is 0.938. The molecule has 2 nitrogen and oxygen atoms in total. The molecule has 46 valence electrons. The second-order valence-electron chi connectivity index (χ2n) is 1.78. The van der Waals surface area contributed by atoms with E-state index >= 15 is 0 Å². The highest BCUT2D eigenvalue weighted by molar-refractivity contribution is 5.70. The summed E-state index contributed by atoms with van der Waals surface area (Å²) in [5, 5.41) is 0. The number of hydrogen-bond acceptors (Lipinski definition) is 2. The molecule has 0 aromatic heterocycles. The van der Waals surface area contributed by atoms with Gasteiger partial charge in [-0.2, -0.15) is 0 Å². The molecule has 0 heterocycles. The number of nitrogens with zero attached hydrogens (tertiary/aromatic N) is 1. The van der Waals surface area contributed by atoms with E-state index in [-0.39, 0.29) is 0 Å². The highest BCUT2D eigenvalue weighted by Crippen LogP contribution is 1.81. The van der Waals surface area contributed by atoms with Crippen LogP contribution in [0.2, 0.25) is 0 Å². The van der Waals surface area contributed by atoms with Gasteiger partial charge < -0.3 is 5.73 Å². The third-order valence-electron chi connectivity index (χ3n) is 0.581. The first-order chi connectivity index (χ1) is 3.77. The highest BCUT2D eigenvalue weighted by Gasteiger charge is 1.78. The highest BCUT2D eigenvalue weighted by atomic mass is 14.7. The molecule has 0 aromatic rings. The van der Waals surface area contributed by atoms with Crippen LogP contribution in [0.5, 0.6) is 0 Å². The molecule has 2 N–H and O–H groups in total. The van der Waals surface area contributed by atoms with Crippen molar-refractivity contribution >= 4 is 6.21 Å². The monoisotopic (exact) mass is 112 g/mol. The Balaban J connectivity index is 3.34. The van der Waals surface area contributed by atoms with Gasteiger partial charge in [0.1, 0.15) is 0 Å². The van der Waals surface area contributed by atoms with E-state index in [0.717, 1.165) is 0 Å². The smallest absolute Gasteiger partial charge is 0.0443 e. The molecule has 0 bridgehead atoms. The van der Waals surface area contributed by atoms with Gasteiger partial charge in [0.15, 0.2) is 0 Å². The van der Waals surface area contributed by atoms with E-state index < -0.39 is 0 Å². The molecule has 0 saturated carbocycles. The lowest BCUT2D eigenvalue weighted by Gasteiger charge is -1.88. The Hall–Kier alpha value is -0.790. The maximum Gasteiger partial charge on any atom is 0.0443 e. The maximum absolute atomic E-state index is 5.04. The molecule has 0 aliphatic carbocycles. The summed E-state index contributed by atoms with van der Waals surface area (Å²) >= 11 is 0. The van der Waals surface area contributed by atoms with Crippen LogP contribution in [0.1, 0.15) is 13.8 Å². The third-order valence-corrected chi connectivity index (χ3v) is 0.581. The van der Waals surface area contributed by atoms with Crippen molar-refractivity contribution in [2.24, 2.45) is 10.7 Å². The van der Waals surface area contributed by atoms with Gasteiger partial charge in [0.25, 0.3) is 0 Å². The van der Waals surface area contributed by atoms with E-state index in [9.17, 15) is 0 Å². The third kappa shape index (κ3) is 5.21. The quantitative estimate of drug-likeness (QED) is 0.530. The first-order valence-corrected chi connectivity index (χ1v) is 2.67. The molecular formula is C6H12N2. The minimum absolute atomic E-state index is 0.367. The summed E-state index contributed by atoms with van der Waals surface area (Å²) in [5.41, 5.74) is 5.04. The molecule has 0 atom stereocenters. The van der Waals surface area contributed by atoms with Crippen molar-refractivity contribution in [1.82, 2.24) is 0 Å². The Morgan fingerprint density at radius 1 is 1.50 bits per heavy atom. The lowest BCUT2D eigenvalue weighted by Crippen LogP contribution is -1.87. The van der Waals surface area contributed by atoms with Crippen LogP contribution >= 0.6 is 0 Å². The molecular weight excluding hydrogens is 100 g/mol. The zero-order valence-corrected chi connectivity index (χ0v) is 5.33. The maximum atomic E-state index is 5.04. The fraction of sp³-hybridized carbons (Fsp3) is 0.500. The molecule has 0 spiro atoms. The van der Waals surface area contributed by atoms with Gasteiger partial charge in [0, 0.05) is 12.3 Å². The molecule has 2 heteroatoms. The fourth-order valence-corrected chi connectivity index (χ4v) is 0.272. The van der Waals surface area contributed by atoms with E-state index in [1.54, 1.807) is 12.3 Å². The molecule has 0 aliphatic rings. The van der Waals surface area contributed by atoms with E-state index in [4.69, 9.17) is 5.73 Å². The summed E-state index contributed by atoms with van der Waals surface area (Å²) < 4.78 is 0. The van der Waals surface area contributed by atoms with Crippen molar-refractivity contribution in [1.29, 1.82) is 0 Å². The van der Waals surface area contributed by atoms with Gasteiger partial charge >= 0.3 is 0 Å². The van der Waals surface area contributed by atoms with E-state index in [1.165, 1.54) is 6.20 Å². The average Bonchev–Trinajstić information content (AvgIpc) is 1.66. The van der Waals surface area contributed by atoms with Crippen molar-refractivity contribution < 1.29 is 0 Å². The largest absolute Gasteiger partial charge is 0.405 e. The van der Waals surface area contributed by atoms with Gasteiger partial charge in [0.2, 0.25) is 0 Å². The SMILES string of the molecule is CC(C)N=CC=CN. The Bertz CT molecular complexity index is 92.7. The Kier molecular flexibility index (Phi) is 3.94. The number of hydrogen-bond donors (Lipinski definition) is 1. The average molecular weight is 112 g/mol. The zero-order valence-electron chi connectivity index (χ0n) is 5.33. The van der Waals surface area contributed by atoms with Gasteiger partial charge in [-0.05, 0) is 26.1 Å². The number of rotatable bonds is 2. The lowest BCUT2D eigenvalue weighted by molar-refractivity contribution is 0.842. The van der Waals surface area contributed by atoms with Crippen LogP contribution in [0.4, 0.5) is 0 Å². The Morgan fingerprint density at radius 3 is 2.50 bits per heavy atom. The minimum atomic E-state index is 0.367. The summed E-state index contributed by atoms with van der Waals surface area (Å²) in [6, 6.07) is 0.367. The predicted molar refractivity (Wildman–Crippen MR) is 37.0 cm³/mol. The number of nitrogens with two attached hydrogens (primary N) is 1. The van der Waals surface area contributed by atoms with Crippen molar-refractivity contribution in [2.75, 3.05) is 0 Å². The molecule has 0 rings (SSSR count). The lowest BCUT2D eigenvalue weighted by atomic mass is 10.4. The van der Waals surface area contributed by atoms with Crippen molar-refractivity contribution in [3.63, 3.8) is 0 Å². The zero-order chi connectivity index (χ0) is 6.41. The minimum Gasteiger partial charge on any atom is -0.405 e. The summed E-state index contributed by atoms with van der Waals surface area (Å²) in [6.07, 6.45) is 4.87. The van der Waals surface area contributed by atoms with Gasteiger partial charge in [-0.25, -0.2) is 0 Å². The van der Waals surface area contributed by atoms with E-state index in [1.807, 2.05) is 13.8 Å². The first kappa shape index (κ1) is 7.21. The Labute approximate surface area is 50.1 Å². The molecule has 8 heavy (non-hydrogen) atoms. The van der Waals surface area contributed by atoms with Crippen LogP contribution in [-0.2, 0) is 0 Å². The van der Waals surface area contributed by atoms with Crippen LogP contribution in [0.15, 0.2) is 17.3 Å². The molecule has 0 amide bonds. The fourth-order valence-electron chi connectivity index (χ4n) is 0.272. The summed E-state index contributed by atoms with van der Waals surface area (Å²) in [4.78, 5) is 4.02. The van der Waals surface area contributed by atoms with Gasteiger partial charge in [-0.15, -0.1) is 0 Å². The molecule has 0 fully saturated rings. The second-order valence-corrected chi connectivity index (χ2v) is 1.78. The topological polar surface area (TPSA) is 38.4 Å². The van der Waals surface area contributed by atoms with Crippen LogP contribution in [0, 0.1) is 0 Å². The molecule has 0 radical (unpaired) electrons. The van der Waals surface area contributed by atoms with Gasteiger partial charge in [-0.3, -0.25) is 4.99 Å². The molecule has 0 aromatic carbocycles. The summed E-state index contributed by atoms with van der Waals surface area (Å²) in [7, 11) is 0. The molecule has 0 saturated heterocycles. The van der Waals surface area contributed by atoms with Crippen molar-refractivity contribution in [3.8, 4) is 0 Å². The summed E-state index contributed by atoms with van der Waals surface area (Å²) in [6.45, 7) is 4.03. The number of aliphatic imine (C=N–C) groups is 1. The molecule has 0 unspecified atom stereocenters.